The Kier molecular flexibility index (Phi) is 1.55. The van der Waals surface area contributed by atoms with Crippen LogP contribution in [0.1, 0.15) is 6.42 Å². The standard InChI is InChI=1S/C4H5F3N2O/c5-4(6,7)9-2-1-3(10)8-9/h1-2H2,(H,8,10). The molecule has 1 heterocycles. The summed E-state index contributed by atoms with van der Waals surface area (Å²) in [5.41, 5.74) is 1.66. The van der Waals surface area contributed by atoms with E-state index in [4.69, 9.17) is 0 Å². The van der Waals surface area contributed by atoms with Gasteiger partial charge in [0.05, 0.1) is 0 Å². The van der Waals surface area contributed by atoms with Gasteiger partial charge in [-0.05, 0) is 0 Å². The number of nitrogens with zero attached hydrogens (tertiary/aromatic N) is 1. The van der Waals surface area contributed by atoms with Crippen molar-refractivity contribution in [2.75, 3.05) is 6.54 Å². The number of nitrogens with one attached hydrogen (secondary N) is 1. The number of carbonyl (C=O) groups is 1. The van der Waals surface area contributed by atoms with Crippen molar-refractivity contribution in [2.45, 2.75) is 12.7 Å². The minimum absolute atomic E-state index is 0.0324. The molecule has 0 radical (unpaired) electrons. The molecule has 0 aromatic carbocycles. The fraction of sp³-hybridized carbons (Fsp3) is 0.750. The second kappa shape index (κ2) is 2.12. The molecule has 1 aliphatic rings. The summed E-state index contributed by atoms with van der Waals surface area (Å²) < 4.78 is 34.9. The predicted octanol–water partition coefficient (Wildman–Crippen LogP) is 0.243. The van der Waals surface area contributed by atoms with E-state index in [0.717, 1.165) is 0 Å². The normalized spacial score (nSPS) is 21.3. The van der Waals surface area contributed by atoms with Crippen LogP contribution >= 0.6 is 0 Å². The predicted molar refractivity (Wildman–Crippen MR) is 25.5 cm³/mol. The highest BCUT2D eigenvalue weighted by Crippen LogP contribution is 2.21. The Balaban J connectivity index is 2.53. The first kappa shape index (κ1) is 7.33. The monoisotopic (exact) mass is 154 g/mol. The molecule has 6 heteroatoms. The third-order valence-electron chi connectivity index (χ3n) is 1.13. The van der Waals surface area contributed by atoms with Crippen LogP contribution in [-0.2, 0) is 4.79 Å². The molecule has 1 rings (SSSR count). The SMILES string of the molecule is O=C1CCN(C(F)(F)F)N1. The summed E-state index contributed by atoms with van der Waals surface area (Å²) in [6, 6.07) is 0. The molecule has 0 aromatic rings. The average molecular weight is 154 g/mol. The zero-order valence-electron chi connectivity index (χ0n) is 4.90. The molecule has 58 valence electrons. The number of amides is 1. The van der Waals surface area contributed by atoms with Crippen molar-refractivity contribution in [3.8, 4) is 0 Å². The number of rotatable bonds is 0. The molecule has 0 saturated carbocycles. The summed E-state index contributed by atoms with van der Waals surface area (Å²) in [5, 5.41) is -0.0324. The Morgan fingerprint density at radius 1 is 1.50 bits per heavy atom. The summed E-state index contributed by atoms with van der Waals surface area (Å²) in [5.74, 6) is -0.586. The first-order chi connectivity index (χ1) is 4.50. The molecule has 1 saturated heterocycles. The highest BCUT2D eigenvalue weighted by atomic mass is 19.4. The number of alkyl halides is 3. The van der Waals surface area contributed by atoms with Gasteiger partial charge in [0.1, 0.15) is 0 Å². The summed E-state index contributed by atoms with van der Waals surface area (Å²) in [6.07, 6.45) is -4.52. The topological polar surface area (TPSA) is 32.3 Å². The van der Waals surface area contributed by atoms with Gasteiger partial charge < -0.3 is 0 Å². The van der Waals surface area contributed by atoms with E-state index in [0.29, 0.717) is 0 Å². The molecule has 1 fully saturated rings. The van der Waals surface area contributed by atoms with Gasteiger partial charge in [-0.2, -0.15) is 13.2 Å². The Morgan fingerprint density at radius 3 is 2.30 bits per heavy atom. The summed E-state index contributed by atoms with van der Waals surface area (Å²) >= 11 is 0. The van der Waals surface area contributed by atoms with Crippen LogP contribution in [0.2, 0.25) is 0 Å². The maximum absolute atomic E-state index is 11.6. The van der Waals surface area contributed by atoms with Crippen LogP contribution in [0.25, 0.3) is 0 Å². The van der Waals surface area contributed by atoms with Crippen LogP contribution in [0, 0.1) is 0 Å². The van der Waals surface area contributed by atoms with Crippen molar-refractivity contribution in [3.63, 3.8) is 0 Å². The lowest BCUT2D eigenvalue weighted by atomic mass is 10.4. The molecule has 1 N–H and O–H groups in total. The van der Waals surface area contributed by atoms with E-state index in [1.54, 1.807) is 5.43 Å². The molecular formula is C4H5F3N2O. The molecular weight excluding hydrogens is 149 g/mol. The first-order valence-electron chi connectivity index (χ1n) is 2.64. The number of carbonyl (C=O) groups excluding carboxylic acids is 1. The molecule has 0 bridgehead atoms. The highest BCUT2D eigenvalue weighted by Gasteiger charge is 2.41. The van der Waals surface area contributed by atoms with E-state index in [9.17, 15) is 18.0 Å². The number of hydrogen-bond donors (Lipinski definition) is 1. The van der Waals surface area contributed by atoms with Gasteiger partial charge >= 0.3 is 6.30 Å². The molecule has 0 atom stereocenters. The number of hydrazine groups is 1. The second-order valence-electron chi connectivity index (χ2n) is 1.90. The second-order valence-corrected chi connectivity index (χ2v) is 1.90. The van der Waals surface area contributed by atoms with Crippen molar-refractivity contribution in [2.24, 2.45) is 0 Å². The van der Waals surface area contributed by atoms with Gasteiger partial charge in [0.15, 0.2) is 0 Å². The van der Waals surface area contributed by atoms with E-state index in [-0.39, 0.29) is 18.0 Å². The molecule has 3 nitrogen and oxygen atoms in total. The van der Waals surface area contributed by atoms with Crippen LogP contribution in [-0.4, -0.2) is 23.8 Å². The van der Waals surface area contributed by atoms with Crippen molar-refractivity contribution in [1.82, 2.24) is 10.4 Å². The molecule has 1 amide bonds. The van der Waals surface area contributed by atoms with Crippen molar-refractivity contribution in [3.05, 3.63) is 0 Å². The average Bonchev–Trinajstić information content (AvgIpc) is 2.11. The lowest BCUT2D eigenvalue weighted by molar-refractivity contribution is -0.254. The fourth-order valence-electron chi connectivity index (χ4n) is 0.666. The summed E-state index contributed by atoms with van der Waals surface area (Å²) in [6.45, 7) is -0.289. The molecule has 0 spiro atoms. The van der Waals surface area contributed by atoms with Crippen LogP contribution in [0.3, 0.4) is 0 Å². The maximum Gasteiger partial charge on any atom is 0.477 e. The van der Waals surface area contributed by atoms with E-state index in [2.05, 4.69) is 0 Å². The Hall–Kier alpha value is -0.780. The van der Waals surface area contributed by atoms with E-state index in [1.165, 1.54) is 0 Å². The molecule has 0 aromatic heterocycles. The van der Waals surface area contributed by atoms with E-state index >= 15 is 0 Å². The van der Waals surface area contributed by atoms with Crippen LogP contribution < -0.4 is 5.43 Å². The smallest absolute Gasteiger partial charge is 0.282 e. The quantitative estimate of drug-likeness (QED) is 0.507. The minimum Gasteiger partial charge on any atom is -0.282 e. The zero-order valence-corrected chi connectivity index (χ0v) is 4.90. The Bertz CT molecular complexity index is 155. The van der Waals surface area contributed by atoms with Crippen molar-refractivity contribution >= 4 is 5.91 Å². The minimum atomic E-state index is -4.44. The third kappa shape index (κ3) is 1.38. The third-order valence-corrected chi connectivity index (χ3v) is 1.13. The van der Waals surface area contributed by atoms with Gasteiger partial charge in [0.2, 0.25) is 5.91 Å². The largest absolute Gasteiger partial charge is 0.477 e. The Morgan fingerprint density at radius 2 is 2.10 bits per heavy atom. The van der Waals surface area contributed by atoms with Crippen LogP contribution in [0.15, 0.2) is 0 Å². The molecule has 0 unspecified atom stereocenters. The van der Waals surface area contributed by atoms with E-state index < -0.39 is 12.2 Å². The maximum atomic E-state index is 11.6. The fourth-order valence-corrected chi connectivity index (χ4v) is 0.666. The van der Waals surface area contributed by atoms with Crippen LogP contribution in [0.5, 0.6) is 0 Å². The number of hydrogen-bond acceptors (Lipinski definition) is 2. The lowest BCUT2D eigenvalue weighted by Gasteiger charge is -2.17. The van der Waals surface area contributed by atoms with Crippen molar-refractivity contribution in [1.29, 1.82) is 0 Å². The van der Waals surface area contributed by atoms with Gasteiger partial charge in [-0.25, -0.2) is 0 Å². The van der Waals surface area contributed by atoms with Gasteiger partial charge in [0, 0.05) is 13.0 Å². The number of halogens is 3. The van der Waals surface area contributed by atoms with Gasteiger partial charge in [-0.1, -0.05) is 0 Å². The summed E-state index contributed by atoms with van der Waals surface area (Å²) in [7, 11) is 0. The first-order valence-corrected chi connectivity index (χ1v) is 2.64. The lowest BCUT2D eigenvalue weighted by Crippen LogP contribution is -2.44. The van der Waals surface area contributed by atoms with Gasteiger partial charge in [-0.15, -0.1) is 5.01 Å². The van der Waals surface area contributed by atoms with E-state index in [1.807, 2.05) is 0 Å². The van der Waals surface area contributed by atoms with Gasteiger partial charge in [0.25, 0.3) is 0 Å². The summed E-state index contributed by atoms with van der Waals surface area (Å²) in [4.78, 5) is 10.2. The van der Waals surface area contributed by atoms with Crippen molar-refractivity contribution < 1.29 is 18.0 Å². The molecule has 1 aliphatic heterocycles. The Labute approximate surface area is 54.8 Å². The highest BCUT2D eigenvalue weighted by molar-refractivity contribution is 5.77. The van der Waals surface area contributed by atoms with Crippen LogP contribution in [0.4, 0.5) is 13.2 Å². The molecule has 0 aliphatic carbocycles. The zero-order chi connectivity index (χ0) is 7.78. The molecule has 10 heavy (non-hydrogen) atoms. The van der Waals surface area contributed by atoms with Gasteiger partial charge in [-0.3, -0.25) is 10.2 Å².